The highest BCUT2D eigenvalue weighted by Gasteiger charge is 2.03. The number of aliphatic hydroxyl groups excluding tert-OH is 1. The molecule has 0 aliphatic carbocycles. The van der Waals surface area contributed by atoms with E-state index >= 15 is 0 Å². The van der Waals surface area contributed by atoms with E-state index in [1.807, 2.05) is 30.3 Å². The van der Waals surface area contributed by atoms with E-state index in [9.17, 15) is 5.11 Å². The molecule has 1 rings (SSSR count). The number of aliphatic hydroxyl groups is 1. The normalized spacial score (nSPS) is 15.2. The fourth-order valence-electron chi connectivity index (χ4n) is 1.19. The molecule has 0 spiro atoms. The lowest BCUT2D eigenvalue weighted by atomic mass is 10.2. The lowest BCUT2D eigenvalue weighted by Crippen LogP contribution is -2.29. The van der Waals surface area contributed by atoms with Crippen molar-refractivity contribution in [1.82, 2.24) is 0 Å². The van der Waals surface area contributed by atoms with Gasteiger partial charge in [-0.25, -0.2) is 0 Å². The van der Waals surface area contributed by atoms with Gasteiger partial charge in [0.2, 0.25) is 0 Å². The van der Waals surface area contributed by atoms with E-state index in [-0.39, 0.29) is 6.04 Å². The van der Waals surface area contributed by atoms with Crippen molar-refractivity contribution >= 4 is 0 Å². The highest BCUT2D eigenvalue weighted by atomic mass is 16.5. The fraction of sp³-hybridized carbons (Fsp3) is 0.385. The van der Waals surface area contributed by atoms with Crippen LogP contribution in [0.25, 0.3) is 0 Å². The largest absolute Gasteiger partial charge is 0.387 e. The first-order valence-electron chi connectivity index (χ1n) is 5.42. The minimum absolute atomic E-state index is 0.245. The maximum atomic E-state index is 9.38. The Kier molecular flexibility index (Phi) is 5.78. The van der Waals surface area contributed by atoms with Crippen LogP contribution in [0.5, 0.6) is 0 Å². The number of hydrogen-bond acceptors (Lipinski definition) is 3. The molecule has 3 nitrogen and oxygen atoms in total. The van der Waals surface area contributed by atoms with Gasteiger partial charge in [0.25, 0.3) is 0 Å². The van der Waals surface area contributed by atoms with E-state index in [4.69, 9.17) is 10.5 Å². The van der Waals surface area contributed by atoms with Gasteiger partial charge in [-0.3, -0.25) is 0 Å². The maximum absolute atomic E-state index is 9.38. The highest BCUT2D eigenvalue weighted by molar-refractivity contribution is 5.13. The summed E-state index contributed by atoms with van der Waals surface area (Å²) in [5, 5.41) is 9.38. The highest BCUT2D eigenvalue weighted by Crippen LogP contribution is 2.00. The van der Waals surface area contributed by atoms with E-state index in [0.29, 0.717) is 13.2 Å². The minimum atomic E-state index is -0.597. The van der Waals surface area contributed by atoms with Crippen LogP contribution in [-0.4, -0.2) is 23.9 Å². The van der Waals surface area contributed by atoms with Crippen LogP contribution in [0.1, 0.15) is 12.5 Å². The SMILES string of the molecule is C[C@@H](N)[C@@H](O)/C=C/COCc1ccccc1. The Hall–Kier alpha value is -1.16. The lowest BCUT2D eigenvalue weighted by molar-refractivity contribution is 0.146. The second-order valence-electron chi connectivity index (χ2n) is 3.78. The van der Waals surface area contributed by atoms with Crippen LogP contribution in [0.4, 0.5) is 0 Å². The topological polar surface area (TPSA) is 55.5 Å². The molecule has 0 heterocycles. The number of rotatable bonds is 6. The molecule has 88 valence electrons. The number of ether oxygens (including phenoxy) is 1. The molecule has 0 fully saturated rings. The molecule has 1 aromatic rings. The van der Waals surface area contributed by atoms with Crippen LogP contribution in [0.2, 0.25) is 0 Å². The third-order valence-corrected chi connectivity index (χ3v) is 2.20. The Bertz CT molecular complexity index is 309. The van der Waals surface area contributed by atoms with Crippen molar-refractivity contribution in [2.24, 2.45) is 5.73 Å². The van der Waals surface area contributed by atoms with Gasteiger partial charge >= 0.3 is 0 Å². The molecular formula is C13H19NO2. The molecule has 1 aromatic carbocycles. The summed E-state index contributed by atoms with van der Waals surface area (Å²) in [7, 11) is 0. The molecule has 3 N–H and O–H groups in total. The van der Waals surface area contributed by atoms with Gasteiger partial charge in [0.05, 0.1) is 19.3 Å². The summed E-state index contributed by atoms with van der Waals surface area (Å²) in [5.74, 6) is 0. The molecule has 0 amide bonds. The first-order valence-corrected chi connectivity index (χ1v) is 5.42. The monoisotopic (exact) mass is 221 g/mol. The van der Waals surface area contributed by atoms with Crippen LogP contribution in [-0.2, 0) is 11.3 Å². The number of benzene rings is 1. The van der Waals surface area contributed by atoms with Crippen molar-refractivity contribution in [3.63, 3.8) is 0 Å². The molecule has 0 bridgehead atoms. The van der Waals surface area contributed by atoms with Gasteiger partial charge in [-0.05, 0) is 12.5 Å². The Morgan fingerprint density at radius 2 is 2.06 bits per heavy atom. The minimum Gasteiger partial charge on any atom is -0.387 e. The Morgan fingerprint density at radius 1 is 1.38 bits per heavy atom. The molecule has 0 aromatic heterocycles. The predicted octanol–water partition coefficient (Wildman–Crippen LogP) is 1.47. The average molecular weight is 221 g/mol. The average Bonchev–Trinajstić information content (AvgIpc) is 2.29. The molecule has 2 atom stereocenters. The van der Waals surface area contributed by atoms with Crippen LogP contribution >= 0.6 is 0 Å². The van der Waals surface area contributed by atoms with Crippen molar-refractivity contribution < 1.29 is 9.84 Å². The van der Waals surface area contributed by atoms with Crippen molar-refractivity contribution in [2.75, 3.05) is 6.61 Å². The van der Waals surface area contributed by atoms with Crippen LogP contribution in [0.15, 0.2) is 42.5 Å². The first kappa shape index (κ1) is 12.9. The summed E-state index contributed by atoms with van der Waals surface area (Å²) >= 11 is 0. The Balaban J connectivity index is 2.17. The summed E-state index contributed by atoms with van der Waals surface area (Å²) < 4.78 is 5.41. The second kappa shape index (κ2) is 7.17. The van der Waals surface area contributed by atoms with Gasteiger partial charge in [0.15, 0.2) is 0 Å². The summed E-state index contributed by atoms with van der Waals surface area (Å²) in [6.45, 7) is 2.83. The smallest absolute Gasteiger partial charge is 0.0869 e. The van der Waals surface area contributed by atoms with E-state index in [1.54, 1.807) is 19.1 Å². The van der Waals surface area contributed by atoms with Crippen molar-refractivity contribution in [2.45, 2.75) is 25.7 Å². The molecule has 3 heteroatoms. The van der Waals surface area contributed by atoms with Crippen molar-refractivity contribution in [3.8, 4) is 0 Å². The van der Waals surface area contributed by atoms with Crippen LogP contribution in [0.3, 0.4) is 0 Å². The van der Waals surface area contributed by atoms with Crippen LogP contribution < -0.4 is 5.73 Å². The van der Waals surface area contributed by atoms with Crippen LogP contribution in [0, 0.1) is 0 Å². The summed E-state index contributed by atoms with van der Waals surface area (Å²) in [5.41, 5.74) is 6.64. The molecule has 0 unspecified atom stereocenters. The van der Waals surface area contributed by atoms with Gasteiger partial charge in [-0.15, -0.1) is 0 Å². The third-order valence-electron chi connectivity index (χ3n) is 2.20. The second-order valence-corrected chi connectivity index (χ2v) is 3.78. The molecule has 0 saturated carbocycles. The van der Waals surface area contributed by atoms with Gasteiger partial charge in [-0.2, -0.15) is 0 Å². The summed E-state index contributed by atoms with van der Waals surface area (Å²) in [6, 6.07) is 9.72. The fourth-order valence-corrected chi connectivity index (χ4v) is 1.19. The van der Waals surface area contributed by atoms with Gasteiger partial charge in [-0.1, -0.05) is 42.5 Å². The van der Waals surface area contributed by atoms with E-state index < -0.39 is 6.10 Å². The lowest BCUT2D eigenvalue weighted by Gasteiger charge is -2.08. The van der Waals surface area contributed by atoms with Gasteiger partial charge < -0.3 is 15.6 Å². The zero-order valence-electron chi connectivity index (χ0n) is 9.54. The Morgan fingerprint density at radius 3 is 2.69 bits per heavy atom. The standard InChI is InChI=1S/C13H19NO2/c1-11(14)13(15)8-5-9-16-10-12-6-3-2-4-7-12/h2-8,11,13,15H,9-10,14H2,1H3/b8-5+/t11-,13+/m1/s1. The van der Waals surface area contributed by atoms with E-state index in [2.05, 4.69) is 0 Å². The quantitative estimate of drug-likeness (QED) is 0.565. The molecule has 0 radical (unpaired) electrons. The molecule has 16 heavy (non-hydrogen) atoms. The molecule has 0 aliphatic heterocycles. The number of hydrogen-bond donors (Lipinski definition) is 2. The summed E-state index contributed by atoms with van der Waals surface area (Å²) in [4.78, 5) is 0. The van der Waals surface area contributed by atoms with Gasteiger partial charge in [0, 0.05) is 6.04 Å². The first-order chi connectivity index (χ1) is 7.70. The summed E-state index contributed by atoms with van der Waals surface area (Å²) in [6.07, 6.45) is 2.85. The molecule has 0 aliphatic rings. The molecular weight excluding hydrogens is 202 g/mol. The van der Waals surface area contributed by atoms with E-state index in [1.165, 1.54) is 0 Å². The zero-order chi connectivity index (χ0) is 11.8. The zero-order valence-corrected chi connectivity index (χ0v) is 9.54. The molecule has 0 saturated heterocycles. The maximum Gasteiger partial charge on any atom is 0.0869 e. The Labute approximate surface area is 96.5 Å². The van der Waals surface area contributed by atoms with Crippen molar-refractivity contribution in [3.05, 3.63) is 48.0 Å². The predicted molar refractivity (Wildman–Crippen MR) is 64.9 cm³/mol. The van der Waals surface area contributed by atoms with Crippen molar-refractivity contribution in [1.29, 1.82) is 0 Å². The number of nitrogens with two attached hydrogens (primary N) is 1. The van der Waals surface area contributed by atoms with Gasteiger partial charge in [0.1, 0.15) is 0 Å². The van der Waals surface area contributed by atoms with E-state index in [0.717, 1.165) is 5.56 Å². The third kappa shape index (κ3) is 5.07.